The van der Waals surface area contributed by atoms with E-state index in [2.05, 4.69) is 10.3 Å². The van der Waals surface area contributed by atoms with Gasteiger partial charge in [0, 0.05) is 12.0 Å². The summed E-state index contributed by atoms with van der Waals surface area (Å²) in [5, 5.41) is 17.5. The van der Waals surface area contributed by atoms with E-state index in [-0.39, 0.29) is 23.8 Å². The average molecular weight is 513 g/mol. The first-order valence-corrected chi connectivity index (χ1v) is 11.5. The number of hydrogen-bond acceptors (Lipinski definition) is 8. The van der Waals surface area contributed by atoms with Crippen molar-refractivity contribution >= 4 is 5.97 Å². The van der Waals surface area contributed by atoms with Gasteiger partial charge in [-0.05, 0) is 31.9 Å². The summed E-state index contributed by atoms with van der Waals surface area (Å²) in [5.74, 6) is -7.73. The molecule has 3 aliphatic heterocycles. The van der Waals surface area contributed by atoms with Gasteiger partial charge in [-0.3, -0.25) is 0 Å². The Hall–Kier alpha value is -2.58. The van der Waals surface area contributed by atoms with Crippen molar-refractivity contribution < 1.29 is 46.8 Å². The fourth-order valence-corrected chi connectivity index (χ4v) is 5.06. The summed E-state index contributed by atoms with van der Waals surface area (Å²) in [6.45, 7) is 5.30. The molecular weight excluding hydrogens is 487 g/mol. The third kappa shape index (κ3) is 4.50. The van der Waals surface area contributed by atoms with Crippen LogP contribution in [0.1, 0.15) is 33.2 Å². The fraction of sp³-hybridized carbons (Fsp3) is 0.609. The molecule has 0 saturated carbocycles. The Labute approximate surface area is 204 Å². The van der Waals surface area contributed by atoms with Gasteiger partial charge in [0.1, 0.15) is 36.7 Å². The molecule has 5 rings (SSSR count). The number of aromatic nitrogens is 3. The summed E-state index contributed by atoms with van der Waals surface area (Å²) in [4.78, 5) is 11.4. The van der Waals surface area contributed by atoms with Gasteiger partial charge in [-0.2, -0.15) is 0 Å². The summed E-state index contributed by atoms with van der Waals surface area (Å²) in [6, 6.07) is 0.817. The molecule has 36 heavy (non-hydrogen) atoms. The van der Waals surface area contributed by atoms with Crippen molar-refractivity contribution in [1.29, 1.82) is 0 Å². The van der Waals surface area contributed by atoms with Gasteiger partial charge >= 0.3 is 5.97 Å². The van der Waals surface area contributed by atoms with Crippen LogP contribution in [-0.4, -0.2) is 75.8 Å². The molecule has 0 bridgehead atoms. The van der Waals surface area contributed by atoms with Crippen LogP contribution < -0.4 is 0 Å². The minimum absolute atomic E-state index is 0.0297. The largest absolute Gasteiger partial charge is 0.480 e. The number of halogens is 3. The number of benzene rings is 1. The van der Waals surface area contributed by atoms with Crippen molar-refractivity contribution in [3.63, 3.8) is 0 Å². The highest BCUT2D eigenvalue weighted by atomic mass is 19.2. The number of rotatable bonds is 5. The van der Waals surface area contributed by atoms with Crippen LogP contribution >= 0.6 is 0 Å². The second-order valence-electron chi connectivity index (χ2n) is 9.84. The van der Waals surface area contributed by atoms with Gasteiger partial charge in [0.2, 0.25) is 0 Å². The maximum atomic E-state index is 13.9. The number of hydrogen-bond donors (Lipinski definition) is 1. The molecule has 0 aliphatic carbocycles. The number of carbonyl (C=O) groups is 1. The average Bonchev–Trinajstić information content (AvgIpc) is 3.43. The van der Waals surface area contributed by atoms with E-state index in [1.165, 1.54) is 10.9 Å². The molecule has 1 aromatic carbocycles. The van der Waals surface area contributed by atoms with Crippen LogP contribution in [0.5, 0.6) is 0 Å². The van der Waals surface area contributed by atoms with E-state index in [1.807, 2.05) is 6.92 Å². The predicted octanol–water partition coefficient (Wildman–Crippen LogP) is 2.68. The topological polar surface area (TPSA) is 114 Å². The van der Waals surface area contributed by atoms with Gasteiger partial charge < -0.3 is 28.8 Å². The number of fused-ring (bicyclic) bond motifs is 1. The van der Waals surface area contributed by atoms with Crippen molar-refractivity contribution in [2.75, 3.05) is 19.8 Å². The van der Waals surface area contributed by atoms with E-state index in [9.17, 15) is 23.1 Å². The number of carboxylic acids is 1. The highest BCUT2D eigenvalue weighted by Crippen LogP contribution is 2.49. The first-order chi connectivity index (χ1) is 17.0. The molecule has 2 aromatic rings. The van der Waals surface area contributed by atoms with Crippen molar-refractivity contribution in [2.45, 2.75) is 63.1 Å². The van der Waals surface area contributed by atoms with Crippen LogP contribution in [0, 0.1) is 23.4 Å². The second-order valence-corrected chi connectivity index (χ2v) is 9.84. The first kappa shape index (κ1) is 25.1. The molecule has 0 amide bonds. The zero-order valence-corrected chi connectivity index (χ0v) is 19.8. The van der Waals surface area contributed by atoms with Gasteiger partial charge in [-0.1, -0.05) is 12.1 Å². The van der Waals surface area contributed by atoms with Gasteiger partial charge in [0.25, 0.3) is 0 Å². The van der Waals surface area contributed by atoms with Crippen LogP contribution in [-0.2, 0) is 28.5 Å². The van der Waals surface area contributed by atoms with Crippen molar-refractivity contribution in [3.05, 3.63) is 35.8 Å². The third-order valence-electron chi connectivity index (χ3n) is 6.54. The lowest BCUT2D eigenvalue weighted by atomic mass is 9.86. The SMILES string of the molecule is CC1CO[C@@]2(C1)O[C@@H]1COC(C)(C)O[C@@H]1[C@H](n1cc(-c3cc(F)c(F)c(F)c3)nn1)[C@H]2OCC(=O)O. The molecule has 1 unspecified atom stereocenters. The van der Waals surface area contributed by atoms with Gasteiger partial charge in [-0.15, -0.1) is 5.10 Å². The van der Waals surface area contributed by atoms with E-state index in [4.69, 9.17) is 23.7 Å². The van der Waals surface area contributed by atoms with Gasteiger partial charge in [0.15, 0.2) is 29.0 Å². The van der Waals surface area contributed by atoms with E-state index < -0.39 is 66.0 Å². The molecular formula is C23H26F3N3O7. The minimum Gasteiger partial charge on any atom is -0.480 e. The first-order valence-electron chi connectivity index (χ1n) is 11.5. The molecule has 3 fully saturated rings. The smallest absolute Gasteiger partial charge is 0.329 e. The summed E-state index contributed by atoms with van der Waals surface area (Å²) >= 11 is 0. The van der Waals surface area contributed by atoms with Crippen LogP contribution in [0.2, 0.25) is 0 Å². The van der Waals surface area contributed by atoms with E-state index in [1.54, 1.807) is 13.8 Å². The molecule has 1 N–H and O–H groups in total. The summed E-state index contributed by atoms with van der Waals surface area (Å²) in [5.41, 5.74) is 0.0341. The zero-order chi connectivity index (χ0) is 25.8. The van der Waals surface area contributed by atoms with Crippen molar-refractivity contribution in [1.82, 2.24) is 15.0 Å². The molecule has 13 heteroatoms. The summed E-state index contributed by atoms with van der Waals surface area (Å²) < 4.78 is 72.8. The Morgan fingerprint density at radius 2 is 1.92 bits per heavy atom. The summed E-state index contributed by atoms with van der Waals surface area (Å²) in [6.07, 6.45) is -0.518. The Balaban J connectivity index is 1.58. The zero-order valence-electron chi connectivity index (χ0n) is 19.8. The lowest BCUT2D eigenvalue weighted by Crippen LogP contribution is -2.67. The van der Waals surface area contributed by atoms with E-state index >= 15 is 0 Å². The molecule has 1 aromatic heterocycles. The monoisotopic (exact) mass is 513 g/mol. The standard InChI is InChI=1S/C23H26F3N3O7/c1-11-6-23(34-8-11)21(32-10-17(30)31)19(20-16(35-23)9-33-22(2,3)36-20)29-7-15(27-28-29)12-4-13(24)18(26)14(25)5-12/h4-5,7,11,16,19-21H,6,8-10H2,1-3H3,(H,30,31)/t11?,16-,19+,20+,21-,23+/m1/s1. The van der Waals surface area contributed by atoms with Crippen LogP contribution in [0.4, 0.5) is 13.2 Å². The number of nitrogens with zero attached hydrogens (tertiary/aromatic N) is 3. The second kappa shape index (κ2) is 9.06. The fourth-order valence-electron chi connectivity index (χ4n) is 5.06. The molecule has 3 saturated heterocycles. The van der Waals surface area contributed by atoms with Gasteiger partial charge in [0.05, 0.1) is 19.4 Å². The quantitative estimate of drug-likeness (QED) is 0.603. The van der Waals surface area contributed by atoms with Crippen LogP contribution in [0.3, 0.4) is 0 Å². The molecule has 3 aliphatic rings. The predicted molar refractivity (Wildman–Crippen MR) is 114 cm³/mol. The Morgan fingerprint density at radius 3 is 2.56 bits per heavy atom. The normalized spacial score (nSPS) is 33.6. The number of aliphatic carboxylic acids is 1. The van der Waals surface area contributed by atoms with Crippen molar-refractivity contribution in [3.8, 4) is 11.3 Å². The van der Waals surface area contributed by atoms with E-state index in [0.29, 0.717) is 13.0 Å². The Kier molecular flexibility index (Phi) is 6.32. The Bertz CT molecular complexity index is 1140. The maximum absolute atomic E-state index is 13.9. The summed E-state index contributed by atoms with van der Waals surface area (Å²) in [7, 11) is 0. The van der Waals surface area contributed by atoms with Gasteiger partial charge in [-0.25, -0.2) is 22.6 Å². The number of carboxylic acid groups (broad SMARTS) is 1. The van der Waals surface area contributed by atoms with E-state index in [0.717, 1.165) is 12.1 Å². The Morgan fingerprint density at radius 1 is 1.19 bits per heavy atom. The van der Waals surface area contributed by atoms with Crippen molar-refractivity contribution in [2.24, 2.45) is 5.92 Å². The molecule has 10 nitrogen and oxygen atoms in total. The third-order valence-corrected chi connectivity index (χ3v) is 6.54. The lowest BCUT2D eigenvalue weighted by molar-refractivity contribution is -0.403. The molecule has 0 radical (unpaired) electrons. The molecule has 4 heterocycles. The van der Waals surface area contributed by atoms with Crippen LogP contribution in [0.25, 0.3) is 11.3 Å². The molecule has 6 atom stereocenters. The minimum atomic E-state index is -1.59. The molecule has 196 valence electrons. The maximum Gasteiger partial charge on any atom is 0.329 e. The molecule has 1 spiro atoms. The highest BCUT2D eigenvalue weighted by molar-refractivity contribution is 5.68. The highest BCUT2D eigenvalue weighted by Gasteiger charge is 2.62. The lowest BCUT2D eigenvalue weighted by Gasteiger charge is -2.54. The van der Waals surface area contributed by atoms with Crippen LogP contribution in [0.15, 0.2) is 18.3 Å². The number of ether oxygens (including phenoxy) is 5.